The Morgan fingerprint density at radius 1 is 1.13 bits per heavy atom. The van der Waals surface area contributed by atoms with Crippen LogP contribution < -0.4 is 15.0 Å². The standard InChI is InChI=1S/C21H26ClN2O6P/c1-29-16-6-8-19-18(11-16)21(17-7-5-15(22)10-20(17)24-19)23-9-3-2-4-14(12-25)13-30-31(26,27)28/h5-8,10-11,14,25H,2-4,9,12-13H2,1H3,(H,23,24)(H2,26,27,28)/p+1/t14-/m0/s1. The Balaban J connectivity index is 1.70. The number of hydrogen-bond acceptors (Lipinski definition) is 5. The van der Waals surface area contributed by atoms with E-state index >= 15 is 0 Å². The van der Waals surface area contributed by atoms with Crippen LogP contribution in [-0.2, 0) is 9.09 Å². The van der Waals surface area contributed by atoms with Crippen LogP contribution in [0.1, 0.15) is 19.3 Å². The number of H-pyrrole nitrogens is 1. The molecule has 0 aliphatic carbocycles. The van der Waals surface area contributed by atoms with Gasteiger partial charge in [-0.1, -0.05) is 18.0 Å². The number of nitrogens with one attached hydrogen (secondary N) is 2. The number of ether oxygens (including phenoxy) is 1. The van der Waals surface area contributed by atoms with Crippen LogP contribution in [0.4, 0.5) is 5.69 Å². The minimum atomic E-state index is -4.52. The third kappa shape index (κ3) is 6.53. The summed E-state index contributed by atoms with van der Waals surface area (Å²) >= 11 is 6.17. The monoisotopic (exact) mass is 469 g/mol. The number of rotatable bonds is 11. The summed E-state index contributed by atoms with van der Waals surface area (Å²) in [4.78, 5) is 21.0. The molecule has 168 valence electrons. The molecule has 1 aromatic heterocycles. The van der Waals surface area contributed by atoms with Gasteiger partial charge in [0.25, 0.3) is 0 Å². The van der Waals surface area contributed by atoms with Gasteiger partial charge in [-0.3, -0.25) is 4.52 Å². The van der Waals surface area contributed by atoms with E-state index in [1.165, 1.54) is 0 Å². The number of pyridine rings is 1. The second kappa shape index (κ2) is 10.6. The highest BCUT2D eigenvalue weighted by molar-refractivity contribution is 7.46. The summed E-state index contributed by atoms with van der Waals surface area (Å²) in [6.07, 6.45) is 2.18. The van der Waals surface area contributed by atoms with Gasteiger partial charge in [0.1, 0.15) is 5.75 Å². The van der Waals surface area contributed by atoms with E-state index in [1.807, 2.05) is 36.4 Å². The van der Waals surface area contributed by atoms with E-state index < -0.39 is 7.82 Å². The van der Waals surface area contributed by atoms with Crippen LogP contribution in [0.25, 0.3) is 21.8 Å². The molecule has 0 spiro atoms. The summed E-state index contributed by atoms with van der Waals surface area (Å²) in [7, 11) is -2.89. The number of unbranched alkanes of at least 4 members (excludes halogenated alkanes) is 1. The van der Waals surface area contributed by atoms with Crippen LogP contribution in [0.2, 0.25) is 5.02 Å². The van der Waals surface area contributed by atoms with Gasteiger partial charge in [0.15, 0.2) is 0 Å². The molecular formula is C21H27ClN2O6P+. The first-order valence-electron chi connectivity index (χ1n) is 9.98. The average molecular weight is 470 g/mol. The molecule has 31 heavy (non-hydrogen) atoms. The second-order valence-corrected chi connectivity index (χ2v) is 9.03. The summed E-state index contributed by atoms with van der Waals surface area (Å²) in [5, 5.41) is 15.6. The Kier molecular flexibility index (Phi) is 8.11. The van der Waals surface area contributed by atoms with Crippen molar-refractivity contribution in [3.63, 3.8) is 0 Å². The minimum absolute atomic E-state index is 0.168. The number of anilines is 1. The Bertz CT molecular complexity index is 1090. The number of aromatic nitrogens is 1. The van der Waals surface area contributed by atoms with Crippen LogP contribution >= 0.6 is 19.4 Å². The minimum Gasteiger partial charge on any atom is -0.497 e. The number of phosphoric ester groups is 1. The molecule has 1 atom stereocenters. The number of aromatic amines is 1. The molecule has 5 N–H and O–H groups in total. The molecule has 0 radical (unpaired) electrons. The lowest BCUT2D eigenvalue weighted by Gasteiger charge is -2.15. The van der Waals surface area contributed by atoms with Crippen LogP contribution in [-0.4, -0.2) is 41.8 Å². The van der Waals surface area contributed by atoms with E-state index in [-0.39, 0.29) is 19.1 Å². The maximum absolute atomic E-state index is 10.8. The lowest BCUT2D eigenvalue weighted by Crippen LogP contribution is -2.14. The third-order valence-electron chi connectivity index (χ3n) is 5.09. The average Bonchev–Trinajstić information content (AvgIpc) is 2.73. The zero-order valence-corrected chi connectivity index (χ0v) is 18.8. The molecule has 2 aromatic carbocycles. The number of fused-ring (bicyclic) bond motifs is 2. The van der Waals surface area contributed by atoms with Gasteiger partial charge in [0, 0.05) is 36.2 Å². The van der Waals surface area contributed by atoms with Gasteiger partial charge in [0.05, 0.1) is 30.2 Å². The fraction of sp³-hybridized carbons (Fsp3) is 0.381. The number of hydrogen-bond donors (Lipinski definition) is 4. The van der Waals surface area contributed by atoms with Gasteiger partial charge >= 0.3 is 7.82 Å². The molecule has 0 saturated heterocycles. The molecule has 0 amide bonds. The summed E-state index contributed by atoms with van der Waals surface area (Å²) in [5.74, 6) is 0.445. The highest BCUT2D eigenvalue weighted by Gasteiger charge is 2.18. The molecule has 0 bridgehead atoms. The van der Waals surface area contributed by atoms with E-state index in [0.717, 1.165) is 46.1 Å². The second-order valence-electron chi connectivity index (χ2n) is 7.36. The van der Waals surface area contributed by atoms with E-state index in [9.17, 15) is 9.67 Å². The highest BCUT2D eigenvalue weighted by atomic mass is 35.5. The van der Waals surface area contributed by atoms with Crippen molar-refractivity contribution in [3.05, 3.63) is 41.4 Å². The number of aliphatic hydroxyl groups excluding tert-OH is 1. The lowest BCUT2D eigenvalue weighted by atomic mass is 10.0. The summed E-state index contributed by atoms with van der Waals surface area (Å²) in [6, 6.07) is 11.5. The van der Waals surface area contributed by atoms with Crippen molar-refractivity contribution >= 4 is 46.9 Å². The van der Waals surface area contributed by atoms with E-state index in [0.29, 0.717) is 18.0 Å². The molecule has 3 aromatic rings. The molecule has 8 nitrogen and oxygen atoms in total. The summed E-state index contributed by atoms with van der Waals surface area (Å²) in [5.41, 5.74) is 2.85. The quantitative estimate of drug-likeness (QED) is 0.191. The van der Waals surface area contributed by atoms with Crippen molar-refractivity contribution in [1.29, 1.82) is 0 Å². The van der Waals surface area contributed by atoms with Crippen molar-refractivity contribution in [2.45, 2.75) is 19.3 Å². The zero-order chi connectivity index (χ0) is 22.4. The SMILES string of the molecule is COc1ccc2[nH+]c3cc(Cl)ccc3c(NCCCC[C@@H](CO)COP(=O)(O)O)c2c1. The van der Waals surface area contributed by atoms with Gasteiger partial charge in [-0.05, 0) is 37.1 Å². The van der Waals surface area contributed by atoms with E-state index in [1.54, 1.807) is 7.11 Å². The fourth-order valence-corrected chi connectivity index (χ4v) is 4.06. The number of methoxy groups -OCH3 is 1. The van der Waals surface area contributed by atoms with Gasteiger partial charge in [-0.25, -0.2) is 9.55 Å². The molecular weight excluding hydrogens is 443 g/mol. The maximum atomic E-state index is 10.8. The first kappa shape index (κ1) is 23.7. The van der Waals surface area contributed by atoms with E-state index in [4.69, 9.17) is 26.1 Å². The molecule has 1 heterocycles. The Morgan fingerprint density at radius 3 is 2.65 bits per heavy atom. The van der Waals surface area contributed by atoms with Crippen molar-refractivity contribution in [1.82, 2.24) is 0 Å². The largest absolute Gasteiger partial charge is 0.497 e. The Labute approximate surface area is 185 Å². The van der Waals surface area contributed by atoms with E-state index in [2.05, 4.69) is 14.8 Å². The summed E-state index contributed by atoms with van der Waals surface area (Å²) < 4.78 is 20.7. The molecule has 10 heteroatoms. The van der Waals surface area contributed by atoms with Crippen LogP contribution in [0.3, 0.4) is 0 Å². The summed E-state index contributed by atoms with van der Waals surface area (Å²) in [6.45, 7) is 0.335. The van der Waals surface area contributed by atoms with Crippen molar-refractivity contribution in [2.24, 2.45) is 5.92 Å². The predicted molar refractivity (Wildman–Crippen MR) is 120 cm³/mol. The fourth-order valence-electron chi connectivity index (χ4n) is 3.49. The number of halogens is 1. The molecule has 0 aliphatic heterocycles. The van der Waals surface area contributed by atoms with Crippen molar-refractivity contribution in [2.75, 3.05) is 32.2 Å². The van der Waals surface area contributed by atoms with Crippen molar-refractivity contribution in [3.8, 4) is 5.75 Å². The highest BCUT2D eigenvalue weighted by Crippen LogP contribution is 2.36. The van der Waals surface area contributed by atoms with Gasteiger partial charge in [-0.15, -0.1) is 0 Å². The third-order valence-corrected chi connectivity index (χ3v) is 5.81. The van der Waals surface area contributed by atoms with Crippen molar-refractivity contribution < 1.29 is 33.7 Å². The topological polar surface area (TPSA) is 122 Å². The molecule has 0 saturated carbocycles. The number of aliphatic hydroxyl groups is 1. The lowest BCUT2D eigenvalue weighted by molar-refractivity contribution is -0.310. The Morgan fingerprint density at radius 2 is 1.94 bits per heavy atom. The van der Waals surface area contributed by atoms with Crippen LogP contribution in [0.5, 0.6) is 5.75 Å². The van der Waals surface area contributed by atoms with Crippen LogP contribution in [0, 0.1) is 5.92 Å². The predicted octanol–water partition coefficient (Wildman–Crippen LogP) is 3.77. The molecule has 0 unspecified atom stereocenters. The smallest absolute Gasteiger partial charge is 0.469 e. The van der Waals surface area contributed by atoms with Gasteiger partial charge < -0.3 is 24.9 Å². The molecule has 0 fully saturated rings. The number of benzene rings is 2. The zero-order valence-electron chi connectivity index (χ0n) is 17.2. The molecule has 3 rings (SSSR count). The van der Waals surface area contributed by atoms with Gasteiger partial charge in [-0.2, -0.15) is 0 Å². The normalized spacial score (nSPS) is 12.9. The first-order chi connectivity index (χ1) is 14.8. The van der Waals surface area contributed by atoms with Gasteiger partial charge in [0.2, 0.25) is 11.0 Å². The molecule has 0 aliphatic rings. The first-order valence-corrected chi connectivity index (χ1v) is 11.9. The Hall–Kier alpha value is -1.93. The maximum Gasteiger partial charge on any atom is 0.469 e. The van der Waals surface area contributed by atoms with Crippen LogP contribution in [0.15, 0.2) is 36.4 Å². The number of phosphoric acid groups is 1.